The SMILES string of the molecule is Cc1ccccc1-n1nc(CC(C)(C)C)cc1N. The van der Waals surface area contributed by atoms with Crippen LogP contribution in [0.1, 0.15) is 32.0 Å². The Morgan fingerprint density at radius 2 is 1.89 bits per heavy atom. The molecule has 1 aromatic heterocycles. The van der Waals surface area contributed by atoms with Crippen molar-refractivity contribution in [1.29, 1.82) is 0 Å². The first kappa shape index (κ1) is 12.7. The summed E-state index contributed by atoms with van der Waals surface area (Å²) in [5.74, 6) is 0.698. The van der Waals surface area contributed by atoms with E-state index in [1.165, 1.54) is 5.56 Å². The predicted molar refractivity (Wildman–Crippen MR) is 75.9 cm³/mol. The third kappa shape index (κ3) is 2.73. The highest BCUT2D eigenvalue weighted by molar-refractivity contribution is 5.47. The maximum absolute atomic E-state index is 6.06. The van der Waals surface area contributed by atoms with Crippen LogP contribution in [-0.4, -0.2) is 9.78 Å². The van der Waals surface area contributed by atoms with E-state index >= 15 is 0 Å². The smallest absolute Gasteiger partial charge is 0.127 e. The summed E-state index contributed by atoms with van der Waals surface area (Å²) in [7, 11) is 0. The van der Waals surface area contributed by atoms with Crippen LogP contribution in [0.15, 0.2) is 30.3 Å². The Morgan fingerprint density at radius 1 is 1.22 bits per heavy atom. The maximum atomic E-state index is 6.06. The van der Waals surface area contributed by atoms with Gasteiger partial charge in [-0.25, -0.2) is 4.68 Å². The van der Waals surface area contributed by atoms with Gasteiger partial charge in [0.15, 0.2) is 0 Å². The number of anilines is 1. The molecule has 0 saturated carbocycles. The van der Waals surface area contributed by atoms with Gasteiger partial charge in [0.05, 0.1) is 11.4 Å². The zero-order valence-corrected chi connectivity index (χ0v) is 11.6. The molecular formula is C15H21N3. The molecule has 0 spiro atoms. The van der Waals surface area contributed by atoms with Crippen LogP contribution in [0.3, 0.4) is 0 Å². The van der Waals surface area contributed by atoms with Crippen molar-refractivity contribution in [2.75, 3.05) is 5.73 Å². The standard InChI is InChI=1S/C15H21N3/c1-11-7-5-6-8-13(11)18-14(16)9-12(17-18)10-15(2,3)4/h5-9H,10,16H2,1-4H3. The van der Waals surface area contributed by atoms with Crippen LogP contribution in [0.4, 0.5) is 5.82 Å². The number of para-hydroxylation sites is 1. The number of hydrogen-bond acceptors (Lipinski definition) is 2. The van der Waals surface area contributed by atoms with Gasteiger partial charge in [-0.2, -0.15) is 5.10 Å². The lowest BCUT2D eigenvalue weighted by atomic mass is 9.91. The Morgan fingerprint density at radius 3 is 2.50 bits per heavy atom. The number of nitrogens with zero attached hydrogens (tertiary/aromatic N) is 2. The van der Waals surface area contributed by atoms with Gasteiger partial charge in [-0.1, -0.05) is 39.0 Å². The number of benzene rings is 1. The van der Waals surface area contributed by atoms with Crippen molar-refractivity contribution >= 4 is 5.82 Å². The van der Waals surface area contributed by atoms with E-state index in [4.69, 9.17) is 5.73 Å². The van der Waals surface area contributed by atoms with Gasteiger partial charge in [0.1, 0.15) is 5.82 Å². The third-order valence-electron chi connectivity index (χ3n) is 2.84. The fourth-order valence-electron chi connectivity index (χ4n) is 2.07. The molecule has 2 N–H and O–H groups in total. The molecule has 3 heteroatoms. The zero-order valence-electron chi connectivity index (χ0n) is 11.6. The Balaban J connectivity index is 2.39. The second-order valence-corrected chi connectivity index (χ2v) is 6.00. The van der Waals surface area contributed by atoms with Gasteiger partial charge in [0.2, 0.25) is 0 Å². The number of rotatable bonds is 2. The maximum Gasteiger partial charge on any atom is 0.127 e. The van der Waals surface area contributed by atoms with E-state index < -0.39 is 0 Å². The second-order valence-electron chi connectivity index (χ2n) is 6.00. The molecule has 0 bridgehead atoms. The first-order valence-electron chi connectivity index (χ1n) is 6.27. The second kappa shape index (κ2) is 4.48. The van der Waals surface area contributed by atoms with Crippen molar-refractivity contribution in [3.8, 4) is 5.69 Å². The van der Waals surface area contributed by atoms with Gasteiger partial charge in [-0.15, -0.1) is 0 Å². The van der Waals surface area contributed by atoms with E-state index in [0.29, 0.717) is 5.82 Å². The van der Waals surface area contributed by atoms with Crippen molar-refractivity contribution in [1.82, 2.24) is 9.78 Å². The lowest BCUT2D eigenvalue weighted by molar-refractivity contribution is 0.405. The monoisotopic (exact) mass is 243 g/mol. The molecule has 0 amide bonds. The summed E-state index contributed by atoms with van der Waals surface area (Å²) in [5, 5.41) is 4.62. The molecule has 96 valence electrons. The minimum atomic E-state index is 0.220. The van der Waals surface area contributed by atoms with Gasteiger partial charge < -0.3 is 5.73 Å². The van der Waals surface area contributed by atoms with Crippen molar-refractivity contribution in [3.05, 3.63) is 41.6 Å². The molecule has 0 unspecified atom stereocenters. The predicted octanol–water partition coefficient (Wildman–Crippen LogP) is 3.35. The van der Waals surface area contributed by atoms with Crippen LogP contribution in [0.25, 0.3) is 5.69 Å². The summed E-state index contributed by atoms with van der Waals surface area (Å²) in [5.41, 5.74) is 9.55. The lowest BCUT2D eigenvalue weighted by Crippen LogP contribution is -2.10. The normalized spacial score (nSPS) is 11.8. The highest BCUT2D eigenvalue weighted by Gasteiger charge is 2.15. The van der Waals surface area contributed by atoms with Gasteiger partial charge >= 0.3 is 0 Å². The number of aryl methyl sites for hydroxylation is 1. The van der Waals surface area contributed by atoms with E-state index in [9.17, 15) is 0 Å². The Bertz CT molecular complexity index is 547. The molecule has 0 saturated heterocycles. The van der Waals surface area contributed by atoms with Crippen LogP contribution in [-0.2, 0) is 6.42 Å². The molecule has 3 nitrogen and oxygen atoms in total. The molecule has 1 aromatic carbocycles. The van der Waals surface area contributed by atoms with Crippen LogP contribution in [0, 0.1) is 12.3 Å². The molecule has 0 radical (unpaired) electrons. The highest BCUT2D eigenvalue weighted by Crippen LogP contribution is 2.23. The first-order chi connectivity index (χ1) is 8.37. The van der Waals surface area contributed by atoms with Gasteiger partial charge in [0, 0.05) is 6.07 Å². The summed E-state index contributed by atoms with van der Waals surface area (Å²) in [4.78, 5) is 0. The molecule has 2 aromatic rings. The molecular weight excluding hydrogens is 222 g/mol. The van der Waals surface area contributed by atoms with Crippen molar-refractivity contribution in [2.24, 2.45) is 5.41 Å². The molecule has 2 rings (SSSR count). The van der Waals surface area contributed by atoms with E-state index in [0.717, 1.165) is 17.8 Å². The average molecular weight is 243 g/mol. The van der Waals surface area contributed by atoms with Gasteiger partial charge in [-0.3, -0.25) is 0 Å². The summed E-state index contributed by atoms with van der Waals surface area (Å²) in [6.07, 6.45) is 0.927. The average Bonchev–Trinajstić information content (AvgIpc) is 2.57. The quantitative estimate of drug-likeness (QED) is 0.879. The van der Waals surface area contributed by atoms with Crippen LogP contribution >= 0.6 is 0 Å². The first-order valence-corrected chi connectivity index (χ1v) is 6.27. The van der Waals surface area contributed by atoms with Crippen molar-refractivity contribution < 1.29 is 0 Å². The molecule has 0 aliphatic rings. The number of aromatic nitrogens is 2. The summed E-state index contributed by atoms with van der Waals surface area (Å²) < 4.78 is 1.83. The minimum Gasteiger partial charge on any atom is -0.384 e. The van der Waals surface area contributed by atoms with Crippen molar-refractivity contribution in [2.45, 2.75) is 34.1 Å². The van der Waals surface area contributed by atoms with E-state index in [1.54, 1.807) is 0 Å². The fraction of sp³-hybridized carbons (Fsp3) is 0.400. The molecule has 18 heavy (non-hydrogen) atoms. The van der Waals surface area contributed by atoms with E-state index in [2.05, 4.69) is 38.9 Å². The topological polar surface area (TPSA) is 43.8 Å². The molecule has 1 heterocycles. The number of hydrogen-bond donors (Lipinski definition) is 1. The largest absolute Gasteiger partial charge is 0.384 e. The third-order valence-corrected chi connectivity index (χ3v) is 2.84. The highest BCUT2D eigenvalue weighted by atomic mass is 15.3. The van der Waals surface area contributed by atoms with Gasteiger partial charge in [0.25, 0.3) is 0 Å². The van der Waals surface area contributed by atoms with E-state index in [-0.39, 0.29) is 5.41 Å². The van der Waals surface area contributed by atoms with Gasteiger partial charge in [-0.05, 0) is 30.4 Å². The summed E-state index contributed by atoms with van der Waals surface area (Å²) >= 11 is 0. The summed E-state index contributed by atoms with van der Waals surface area (Å²) in [6, 6.07) is 10.1. The van der Waals surface area contributed by atoms with Crippen LogP contribution < -0.4 is 5.73 Å². The Labute approximate surface area is 109 Å². The molecule has 0 aliphatic heterocycles. The van der Waals surface area contributed by atoms with Crippen LogP contribution in [0.5, 0.6) is 0 Å². The Hall–Kier alpha value is -1.77. The number of nitrogen functional groups attached to an aromatic ring is 1. The fourth-order valence-corrected chi connectivity index (χ4v) is 2.07. The van der Waals surface area contributed by atoms with Crippen LogP contribution in [0.2, 0.25) is 0 Å². The van der Waals surface area contributed by atoms with E-state index in [1.807, 2.05) is 28.9 Å². The molecule has 0 fully saturated rings. The minimum absolute atomic E-state index is 0.220. The lowest BCUT2D eigenvalue weighted by Gasteiger charge is -2.15. The van der Waals surface area contributed by atoms with Crippen molar-refractivity contribution in [3.63, 3.8) is 0 Å². The number of nitrogens with two attached hydrogens (primary N) is 1. The zero-order chi connectivity index (χ0) is 13.3. The summed E-state index contributed by atoms with van der Waals surface area (Å²) in [6.45, 7) is 8.68. The molecule has 0 atom stereocenters. The molecule has 0 aliphatic carbocycles. The Kier molecular flexibility index (Phi) is 3.16.